The van der Waals surface area contributed by atoms with Gasteiger partial charge in [0.25, 0.3) is 5.91 Å². The van der Waals surface area contributed by atoms with Gasteiger partial charge in [-0.25, -0.2) is 9.97 Å². The number of benzene rings is 2. The van der Waals surface area contributed by atoms with E-state index >= 15 is 0 Å². The highest BCUT2D eigenvalue weighted by Gasteiger charge is 2.30. The lowest BCUT2D eigenvalue weighted by Crippen LogP contribution is -2.38. The number of aliphatic hydroxyl groups excluding tert-OH is 1. The van der Waals surface area contributed by atoms with Gasteiger partial charge in [0, 0.05) is 17.7 Å². The number of hydrogen-bond donors (Lipinski definition) is 3. The second-order valence-electron chi connectivity index (χ2n) is 8.92. The van der Waals surface area contributed by atoms with Crippen LogP contribution in [-0.4, -0.2) is 58.1 Å². The summed E-state index contributed by atoms with van der Waals surface area (Å²) >= 11 is 6.38. The van der Waals surface area contributed by atoms with Gasteiger partial charge in [0.15, 0.2) is 0 Å². The third-order valence-electron chi connectivity index (χ3n) is 6.36. The molecule has 2 heterocycles. The van der Waals surface area contributed by atoms with Crippen molar-refractivity contribution in [3.05, 3.63) is 70.4 Å². The number of nitrogens with zero attached hydrogens (tertiary/aromatic N) is 3. The zero-order valence-electron chi connectivity index (χ0n) is 21.0. The molecular weight excluding hydrogens is 494 g/mol. The van der Waals surface area contributed by atoms with Crippen LogP contribution in [0.3, 0.4) is 0 Å². The predicted molar refractivity (Wildman–Crippen MR) is 142 cm³/mol. The molecule has 1 aromatic heterocycles. The number of rotatable bonds is 10. The summed E-state index contributed by atoms with van der Waals surface area (Å²) in [7, 11) is 1.60. The van der Waals surface area contributed by atoms with Gasteiger partial charge >= 0.3 is 0 Å². The molecule has 1 aliphatic rings. The number of fused-ring (bicyclic) bond motifs is 1. The Bertz CT molecular complexity index is 1300. The van der Waals surface area contributed by atoms with Crippen LogP contribution in [0.25, 0.3) is 11.3 Å². The highest BCUT2D eigenvalue weighted by Crippen LogP contribution is 2.31. The number of amides is 2. The summed E-state index contributed by atoms with van der Waals surface area (Å²) in [6.45, 7) is 4.07. The number of halogens is 1. The Morgan fingerprint density at radius 1 is 1.27 bits per heavy atom. The van der Waals surface area contributed by atoms with Crippen molar-refractivity contribution in [1.82, 2.24) is 20.2 Å². The third kappa shape index (κ3) is 6.00. The van der Waals surface area contributed by atoms with Gasteiger partial charge in [0.1, 0.15) is 12.3 Å². The molecule has 10 heteroatoms. The summed E-state index contributed by atoms with van der Waals surface area (Å²) < 4.78 is 5.25. The molecule has 0 saturated heterocycles. The standard InChI is InChI=1S/C27H30ClN5O4/c1-4-20(15-34)31-27-29-12-23(28)25(32-27)18-8-9-19-13-33(26(36)22(19)11-18)14-24(35)30-16(2)17-6-5-7-21(10-17)37-3/h5-12,16,20,34H,4,13-15H2,1-3H3,(H,30,35)(H,29,31,32)/t16-,20?/m1/s1. The number of nitrogens with one attached hydrogen (secondary N) is 2. The zero-order chi connectivity index (χ0) is 26.5. The Hall–Kier alpha value is -3.69. The maximum absolute atomic E-state index is 13.2. The maximum atomic E-state index is 13.2. The van der Waals surface area contributed by atoms with Crippen molar-refractivity contribution in [2.24, 2.45) is 0 Å². The molecule has 0 bridgehead atoms. The number of hydrogen-bond acceptors (Lipinski definition) is 7. The van der Waals surface area contributed by atoms with Gasteiger partial charge < -0.3 is 25.4 Å². The van der Waals surface area contributed by atoms with E-state index in [1.807, 2.05) is 50.2 Å². The van der Waals surface area contributed by atoms with Gasteiger partial charge in [0.05, 0.1) is 42.7 Å². The molecule has 2 aromatic carbocycles. The summed E-state index contributed by atoms with van der Waals surface area (Å²) in [6, 6.07) is 12.5. The molecule has 1 unspecified atom stereocenters. The van der Waals surface area contributed by atoms with Crippen LogP contribution in [0.1, 0.15) is 47.8 Å². The van der Waals surface area contributed by atoms with Crippen molar-refractivity contribution in [3.63, 3.8) is 0 Å². The molecule has 0 saturated carbocycles. The average molecular weight is 524 g/mol. The summed E-state index contributed by atoms with van der Waals surface area (Å²) in [6.07, 6.45) is 2.19. The van der Waals surface area contributed by atoms with E-state index in [9.17, 15) is 14.7 Å². The van der Waals surface area contributed by atoms with E-state index in [0.29, 0.717) is 46.5 Å². The Balaban J connectivity index is 1.46. The molecule has 4 rings (SSSR count). The van der Waals surface area contributed by atoms with Crippen molar-refractivity contribution >= 4 is 29.4 Å². The molecule has 0 radical (unpaired) electrons. The summed E-state index contributed by atoms with van der Waals surface area (Å²) in [5, 5.41) is 15.8. The van der Waals surface area contributed by atoms with Crippen LogP contribution in [0.5, 0.6) is 5.75 Å². The molecular formula is C27H30ClN5O4. The predicted octanol–water partition coefficient (Wildman–Crippen LogP) is 3.82. The van der Waals surface area contributed by atoms with Gasteiger partial charge in [-0.2, -0.15) is 0 Å². The lowest BCUT2D eigenvalue weighted by molar-refractivity contribution is -0.122. The topological polar surface area (TPSA) is 117 Å². The average Bonchev–Trinajstić information content (AvgIpc) is 3.22. The molecule has 1 aliphatic heterocycles. The van der Waals surface area contributed by atoms with Crippen LogP contribution in [0.4, 0.5) is 5.95 Å². The van der Waals surface area contributed by atoms with Crippen LogP contribution >= 0.6 is 11.6 Å². The third-order valence-corrected chi connectivity index (χ3v) is 6.63. The lowest BCUT2D eigenvalue weighted by Gasteiger charge is -2.19. The Morgan fingerprint density at radius 2 is 2.08 bits per heavy atom. The first kappa shape index (κ1) is 26.4. The number of methoxy groups -OCH3 is 1. The van der Waals surface area contributed by atoms with E-state index < -0.39 is 0 Å². The Morgan fingerprint density at radius 3 is 2.81 bits per heavy atom. The smallest absolute Gasteiger partial charge is 0.254 e. The maximum Gasteiger partial charge on any atom is 0.254 e. The minimum atomic E-state index is -0.249. The van der Waals surface area contributed by atoms with Crippen molar-refractivity contribution < 1.29 is 19.4 Å². The van der Waals surface area contributed by atoms with E-state index in [2.05, 4.69) is 20.6 Å². The second-order valence-corrected chi connectivity index (χ2v) is 9.33. The highest BCUT2D eigenvalue weighted by molar-refractivity contribution is 6.33. The van der Waals surface area contributed by atoms with E-state index in [-0.39, 0.29) is 37.0 Å². The summed E-state index contributed by atoms with van der Waals surface area (Å²) in [4.78, 5) is 36.1. The molecule has 3 N–H and O–H groups in total. The molecule has 3 aromatic rings. The van der Waals surface area contributed by atoms with Gasteiger partial charge in [-0.15, -0.1) is 0 Å². The Kier molecular flexibility index (Phi) is 8.25. The van der Waals surface area contributed by atoms with Gasteiger partial charge in [-0.1, -0.05) is 42.8 Å². The number of carbonyl (C=O) groups is 2. The fraction of sp³-hybridized carbons (Fsp3) is 0.333. The number of carbonyl (C=O) groups excluding carboxylic acids is 2. The second kappa shape index (κ2) is 11.6. The molecule has 37 heavy (non-hydrogen) atoms. The summed E-state index contributed by atoms with van der Waals surface area (Å²) in [5.74, 6) is 0.580. The molecule has 194 valence electrons. The highest BCUT2D eigenvalue weighted by atomic mass is 35.5. The normalized spacial score (nSPS) is 14.2. The zero-order valence-corrected chi connectivity index (χ0v) is 21.7. The number of aromatic nitrogens is 2. The summed E-state index contributed by atoms with van der Waals surface area (Å²) in [5.41, 5.74) is 3.39. The van der Waals surface area contributed by atoms with Crippen molar-refractivity contribution in [2.75, 3.05) is 25.6 Å². The molecule has 2 atom stereocenters. The van der Waals surface area contributed by atoms with Crippen molar-refractivity contribution in [2.45, 2.75) is 38.9 Å². The molecule has 0 aliphatic carbocycles. The van der Waals surface area contributed by atoms with Crippen LogP contribution in [0, 0.1) is 0 Å². The SMILES string of the molecule is CCC(CO)Nc1ncc(Cl)c(-c2ccc3c(c2)C(=O)N(CC(=O)N[C@H](C)c2cccc(OC)c2)C3)n1. The van der Waals surface area contributed by atoms with Gasteiger partial charge in [0.2, 0.25) is 11.9 Å². The molecule has 2 amide bonds. The van der Waals surface area contributed by atoms with E-state index in [4.69, 9.17) is 16.3 Å². The fourth-order valence-corrected chi connectivity index (χ4v) is 4.39. The van der Waals surface area contributed by atoms with Crippen molar-refractivity contribution in [1.29, 1.82) is 0 Å². The minimum absolute atomic E-state index is 0.0487. The van der Waals surface area contributed by atoms with Crippen LogP contribution < -0.4 is 15.4 Å². The molecule has 9 nitrogen and oxygen atoms in total. The Labute approximate surface area is 220 Å². The molecule has 0 fully saturated rings. The largest absolute Gasteiger partial charge is 0.497 e. The van der Waals surface area contributed by atoms with E-state index in [1.54, 1.807) is 13.2 Å². The van der Waals surface area contributed by atoms with E-state index in [0.717, 1.165) is 11.1 Å². The first-order chi connectivity index (χ1) is 17.8. The minimum Gasteiger partial charge on any atom is -0.497 e. The van der Waals surface area contributed by atoms with Crippen LogP contribution in [-0.2, 0) is 11.3 Å². The fourth-order valence-electron chi connectivity index (χ4n) is 4.19. The van der Waals surface area contributed by atoms with Crippen LogP contribution in [0.15, 0.2) is 48.7 Å². The first-order valence-electron chi connectivity index (χ1n) is 12.1. The number of anilines is 1. The lowest BCUT2D eigenvalue weighted by atomic mass is 10.0. The van der Waals surface area contributed by atoms with Gasteiger partial charge in [-0.3, -0.25) is 9.59 Å². The number of aliphatic hydroxyl groups is 1. The monoisotopic (exact) mass is 523 g/mol. The van der Waals surface area contributed by atoms with E-state index in [1.165, 1.54) is 11.1 Å². The first-order valence-corrected chi connectivity index (χ1v) is 12.5. The quantitative estimate of drug-likeness (QED) is 0.370. The van der Waals surface area contributed by atoms with Crippen molar-refractivity contribution in [3.8, 4) is 17.0 Å². The number of ether oxygens (including phenoxy) is 1. The molecule has 0 spiro atoms. The van der Waals surface area contributed by atoms with Crippen LogP contribution in [0.2, 0.25) is 5.02 Å². The van der Waals surface area contributed by atoms with Gasteiger partial charge in [-0.05, 0) is 42.7 Å².